The molecule has 0 bridgehead atoms. The molecule has 3 aromatic rings. The molecule has 0 aliphatic heterocycles. The van der Waals surface area contributed by atoms with Crippen molar-refractivity contribution in [1.29, 1.82) is 0 Å². The summed E-state index contributed by atoms with van der Waals surface area (Å²) in [6.07, 6.45) is 0. The Morgan fingerprint density at radius 2 is 1.71 bits per heavy atom. The van der Waals surface area contributed by atoms with Gasteiger partial charge < -0.3 is 15.2 Å². The molecular weight excluding hydrogens is 517 g/mol. The minimum absolute atomic E-state index is 0.0237. The van der Waals surface area contributed by atoms with E-state index in [1.807, 2.05) is 25.3 Å². The standard InChI is InChI=1S/C23H24Cl3N5O2S/c1-4-31-21(20(13(2)3)28-22(33)17-10-7-15(25)11-18(17)26)29-30-23(31)34-12-19(32)27-16-8-5-14(24)6-9-16/h5-11,13,20H,4,12H2,1-3H3,(H,27,32)(H,28,33)/t20-/m0/s1. The van der Waals surface area contributed by atoms with Gasteiger partial charge in [-0.05, 0) is 55.3 Å². The van der Waals surface area contributed by atoms with E-state index in [-0.39, 0.29) is 28.5 Å². The maximum absolute atomic E-state index is 12.9. The van der Waals surface area contributed by atoms with Gasteiger partial charge in [-0.3, -0.25) is 9.59 Å². The molecule has 0 radical (unpaired) electrons. The first-order valence-electron chi connectivity index (χ1n) is 10.6. The number of nitrogens with one attached hydrogen (secondary N) is 2. The van der Waals surface area contributed by atoms with E-state index in [4.69, 9.17) is 34.8 Å². The van der Waals surface area contributed by atoms with E-state index < -0.39 is 6.04 Å². The van der Waals surface area contributed by atoms with Gasteiger partial charge in [0.25, 0.3) is 5.91 Å². The second-order valence-corrected chi connectivity index (χ2v) is 9.97. The molecule has 180 valence electrons. The lowest BCUT2D eigenvalue weighted by Gasteiger charge is -2.22. The Hall–Kier alpha value is -2.26. The van der Waals surface area contributed by atoms with Crippen molar-refractivity contribution in [2.24, 2.45) is 5.92 Å². The van der Waals surface area contributed by atoms with Crippen molar-refractivity contribution < 1.29 is 9.59 Å². The minimum Gasteiger partial charge on any atom is -0.342 e. The van der Waals surface area contributed by atoms with Crippen molar-refractivity contribution in [3.05, 3.63) is 68.9 Å². The van der Waals surface area contributed by atoms with Gasteiger partial charge in [0.2, 0.25) is 5.91 Å². The number of halogens is 3. The Bertz CT molecular complexity index is 1170. The lowest BCUT2D eigenvalue weighted by Crippen LogP contribution is -2.34. The van der Waals surface area contributed by atoms with E-state index in [0.29, 0.717) is 38.8 Å². The highest BCUT2D eigenvalue weighted by atomic mass is 35.5. The Morgan fingerprint density at radius 3 is 2.32 bits per heavy atom. The van der Waals surface area contributed by atoms with Gasteiger partial charge in [0, 0.05) is 22.3 Å². The predicted molar refractivity (Wildman–Crippen MR) is 138 cm³/mol. The first-order chi connectivity index (χ1) is 16.2. The van der Waals surface area contributed by atoms with Gasteiger partial charge in [-0.25, -0.2) is 0 Å². The van der Waals surface area contributed by atoms with Crippen LogP contribution < -0.4 is 10.6 Å². The summed E-state index contributed by atoms with van der Waals surface area (Å²) < 4.78 is 1.90. The number of amides is 2. The molecule has 7 nitrogen and oxygen atoms in total. The number of nitrogens with zero attached hydrogens (tertiary/aromatic N) is 3. The third-order valence-corrected chi connectivity index (χ3v) is 6.70. The molecule has 0 saturated carbocycles. The van der Waals surface area contributed by atoms with Crippen LogP contribution in [-0.4, -0.2) is 32.3 Å². The van der Waals surface area contributed by atoms with Crippen LogP contribution in [0.15, 0.2) is 47.6 Å². The van der Waals surface area contributed by atoms with Crippen LogP contribution in [0.5, 0.6) is 0 Å². The SMILES string of the molecule is CCn1c(SCC(=O)Nc2ccc(Cl)cc2)nnc1[C@@H](NC(=O)c1ccc(Cl)cc1Cl)C(C)C. The normalized spacial score (nSPS) is 12.0. The predicted octanol–water partition coefficient (Wildman–Crippen LogP) is 6.12. The summed E-state index contributed by atoms with van der Waals surface area (Å²) in [7, 11) is 0. The average Bonchev–Trinajstić information content (AvgIpc) is 3.19. The van der Waals surface area contributed by atoms with Crippen LogP contribution in [0, 0.1) is 5.92 Å². The maximum Gasteiger partial charge on any atom is 0.253 e. The smallest absolute Gasteiger partial charge is 0.253 e. The van der Waals surface area contributed by atoms with Crippen molar-refractivity contribution in [2.75, 3.05) is 11.1 Å². The molecule has 3 rings (SSSR count). The molecule has 1 heterocycles. The zero-order chi connectivity index (χ0) is 24.8. The fourth-order valence-electron chi connectivity index (χ4n) is 3.22. The summed E-state index contributed by atoms with van der Waals surface area (Å²) in [5.74, 6) is 0.278. The quantitative estimate of drug-likeness (QED) is 0.319. The van der Waals surface area contributed by atoms with Crippen molar-refractivity contribution in [1.82, 2.24) is 20.1 Å². The van der Waals surface area contributed by atoms with Crippen LogP contribution in [0.25, 0.3) is 0 Å². The Balaban J connectivity index is 1.72. The van der Waals surface area contributed by atoms with Gasteiger partial charge in [0.1, 0.15) is 0 Å². The van der Waals surface area contributed by atoms with Crippen LogP contribution in [0.2, 0.25) is 15.1 Å². The molecule has 0 spiro atoms. The summed E-state index contributed by atoms with van der Waals surface area (Å²) in [6.45, 7) is 6.50. The maximum atomic E-state index is 12.9. The number of thioether (sulfide) groups is 1. The average molecular weight is 541 g/mol. The molecule has 11 heteroatoms. The lowest BCUT2D eigenvalue weighted by atomic mass is 10.0. The highest BCUT2D eigenvalue weighted by molar-refractivity contribution is 7.99. The number of anilines is 1. The van der Waals surface area contributed by atoms with E-state index in [9.17, 15) is 9.59 Å². The molecule has 34 heavy (non-hydrogen) atoms. The van der Waals surface area contributed by atoms with Crippen LogP contribution in [-0.2, 0) is 11.3 Å². The Kier molecular flexibility index (Phi) is 9.24. The molecule has 0 aliphatic carbocycles. The number of hydrogen-bond acceptors (Lipinski definition) is 5. The fraction of sp³-hybridized carbons (Fsp3) is 0.304. The zero-order valence-corrected chi connectivity index (χ0v) is 21.9. The van der Waals surface area contributed by atoms with Crippen LogP contribution >= 0.6 is 46.6 Å². The third kappa shape index (κ3) is 6.66. The van der Waals surface area contributed by atoms with E-state index in [2.05, 4.69) is 20.8 Å². The number of carbonyl (C=O) groups excluding carboxylic acids is 2. The zero-order valence-electron chi connectivity index (χ0n) is 18.8. The van der Waals surface area contributed by atoms with E-state index in [1.54, 1.807) is 36.4 Å². The van der Waals surface area contributed by atoms with Gasteiger partial charge in [-0.15, -0.1) is 10.2 Å². The molecule has 1 aromatic heterocycles. The number of hydrogen-bond donors (Lipinski definition) is 2. The number of benzene rings is 2. The largest absolute Gasteiger partial charge is 0.342 e. The highest BCUT2D eigenvalue weighted by Gasteiger charge is 2.27. The number of aromatic nitrogens is 3. The van der Waals surface area contributed by atoms with Crippen LogP contribution in [0.3, 0.4) is 0 Å². The summed E-state index contributed by atoms with van der Waals surface area (Å²) in [4.78, 5) is 25.3. The van der Waals surface area contributed by atoms with Crippen molar-refractivity contribution >= 4 is 64.1 Å². The van der Waals surface area contributed by atoms with Gasteiger partial charge in [-0.1, -0.05) is 60.4 Å². The van der Waals surface area contributed by atoms with Gasteiger partial charge in [0.15, 0.2) is 11.0 Å². The van der Waals surface area contributed by atoms with Crippen LogP contribution in [0.1, 0.15) is 43.0 Å². The van der Waals surface area contributed by atoms with Crippen molar-refractivity contribution in [3.8, 4) is 0 Å². The van der Waals surface area contributed by atoms with Gasteiger partial charge >= 0.3 is 0 Å². The van der Waals surface area contributed by atoms with E-state index in [1.165, 1.54) is 17.8 Å². The topological polar surface area (TPSA) is 88.9 Å². The molecule has 0 fully saturated rings. The molecule has 2 amide bonds. The van der Waals surface area contributed by atoms with Crippen LogP contribution in [0.4, 0.5) is 5.69 Å². The molecule has 0 unspecified atom stereocenters. The number of rotatable bonds is 9. The van der Waals surface area contributed by atoms with Gasteiger partial charge in [0.05, 0.1) is 22.4 Å². The molecule has 0 aliphatic rings. The Labute approximate surface area is 217 Å². The minimum atomic E-state index is -0.413. The van der Waals surface area contributed by atoms with E-state index >= 15 is 0 Å². The Morgan fingerprint density at radius 1 is 1.03 bits per heavy atom. The molecule has 2 aromatic carbocycles. The second-order valence-electron chi connectivity index (χ2n) is 7.75. The molecular formula is C23H24Cl3N5O2S. The molecule has 1 atom stereocenters. The second kappa shape index (κ2) is 11.9. The lowest BCUT2D eigenvalue weighted by molar-refractivity contribution is -0.113. The third-order valence-electron chi connectivity index (χ3n) is 4.93. The fourth-order valence-corrected chi connectivity index (χ4v) is 4.65. The van der Waals surface area contributed by atoms with E-state index in [0.717, 1.165) is 0 Å². The summed E-state index contributed by atoms with van der Waals surface area (Å²) in [5, 5.41) is 16.4. The summed E-state index contributed by atoms with van der Waals surface area (Å²) >= 11 is 19.3. The summed E-state index contributed by atoms with van der Waals surface area (Å²) in [6, 6.07) is 11.2. The van der Waals surface area contributed by atoms with Crippen molar-refractivity contribution in [2.45, 2.75) is 38.5 Å². The molecule has 2 N–H and O–H groups in total. The van der Waals surface area contributed by atoms with Gasteiger partial charge in [-0.2, -0.15) is 0 Å². The first kappa shape index (κ1) is 26.3. The first-order valence-corrected chi connectivity index (χ1v) is 12.7. The van der Waals surface area contributed by atoms with Crippen molar-refractivity contribution in [3.63, 3.8) is 0 Å². The summed E-state index contributed by atoms with van der Waals surface area (Å²) in [5.41, 5.74) is 0.990. The molecule has 0 saturated heterocycles. The highest BCUT2D eigenvalue weighted by Crippen LogP contribution is 2.27. The number of carbonyl (C=O) groups is 2. The monoisotopic (exact) mass is 539 g/mol.